The highest BCUT2D eigenvalue weighted by atomic mass is 16.5. The Morgan fingerprint density at radius 1 is 0.510 bits per heavy atom. The lowest BCUT2D eigenvalue weighted by molar-refractivity contribution is 0.487. The van der Waals surface area contributed by atoms with Crippen molar-refractivity contribution in [1.29, 1.82) is 0 Å². The Kier molecular flexibility index (Phi) is 6.01. The van der Waals surface area contributed by atoms with Gasteiger partial charge in [0.2, 0.25) is 0 Å². The van der Waals surface area contributed by atoms with Crippen LogP contribution in [0.15, 0.2) is 164 Å². The van der Waals surface area contributed by atoms with Crippen LogP contribution in [-0.4, -0.2) is 6.71 Å². The van der Waals surface area contributed by atoms with E-state index in [2.05, 4.69) is 187 Å². The van der Waals surface area contributed by atoms with Crippen molar-refractivity contribution in [2.75, 3.05) is 9.80 Å². The van der Waals surface area contributed by atoms with Gasteiger partial charge in [-0.05, 0) is 111 Å². The quantitative estimate of drug-likeness (QED) is 0.181. The van der Waals surface area contributed by atoms with Crippen molar-refractivity contribution in [2.24, 2.45) is 0 Å². The van der Waals surface area contributed by atoms with Crippen molar-refractivity contribution >= 4 is 57.2 Å². The average Bonchev–Trinajstić information content (AvgIpc) is 3.36. The van der Waals surface area contributed by atoms with Crippen LogP contribution in [0.25, 0.3) is 11.1 Å². The Balaban J connectivity index is 1.13. The van der Waals surface area contributed by atoms with Gasteiger partial charge in [-0.2, -0.15) is 0 Å². The van der Waals surface area contributed by atoms with Gasteiger partial charge >= 0.3 is 0 Å². The standard InChI is InChI=1S/C45H33BN2O/c1-45(2)36-27-33(47(30-15-6-3-7-16-30)31-17-8-4-9-18-31)25-26-34(36)35-28-43-39(29-37(35)45)46-38-21-12-13-22-40(38)48(32-19-10-5-11-20-32)41-23-14-24-42(49-43)44(41)46/h3-29H,1-2H3. The minimum Gasteiger partial charge on any atom is -0.458 e. The lowest BCUT2D eigenvalue weighted by atomic mass is 9.34. The number of nitrogens with zero attached hydrogens (tertiary/aromatic N) is 2. The molecule has 7 aromatic carbocycles. The van der Waals surface area contributed by atoms with Gasteiger partial charge in [-0.15, -0.1) is 0 Å². The third-order valence-corrected chi connectivity index (χ3v) is 10.7. The molecule has 0 fully saturated rings. The van der Waals surface area contributed by atoms with E-state index in [1.165, 1.54) is 50.0 Å². The number of benzene rings is 7. The maximum absolute atomic E-state index is 6.87. The number of ether oxygens (including phenoxy) is 1. The maximum Gasteiger partial charge on any atom is 0.256 e. The summed E-state index contributed by atoms with van der Waals surface area (Å²) < 4.78 is 6.87. The Morgan fingerprint density at radius 3 is 1.88 bits per heavy atom. The summed E-state index contributed by atoms with van der Waals surface area (Å²) in [5.41, 5.74) is 15.7. The first-order valence-corrected chi connectivity index (χ1v) is 17.1. The second-order valence-corrected chi connectivity index (χ2v) is 13.8. The van der Waals surface area contributed by atoms with E-state index in [4.69, 9.17) is 4.74 Å². The summed E-state index contributed by atoms with van der Waals surface area (Å²) in [5, 5.41) is 0. The third kappa shape index (κ3) is 4.10. The van der Waals surface area contributed by atoms with E-state index in [1.807, 2.05) is 0 Å². The molecular weight excluding hydrogens is 595 g/mol. The van der Waals surface area contributed by atoms with Gasteiger partial charge in [0.15, 0.2) is 0 Å². The number of anilines is 6. The molecule has 0 bridgehead atoms. The van der Waals surface area contributed by atoms with E-state index < -0.39 is 0 Å². The molecule has 4 heteroatoms. The van der Waals surface area contributed by atoms with Gasteiger partial charge in [0.1, 0.15) is 11.5 Å². The summed E-state index contributed by atoms with van der Waals surface area (Å²) in [7, 11) is 0. The first-order valence-electron chi connectivity index (χ1n) is 17.1. The van der Waals surface area contributed by atoms with E-state index in [9.17, 15) is 0 Å². The van der Waals surface area contributed by atoms with E-state index >= 15 is 0 Å². The highest BCUT2D eigenvalue weighted by molar-refractivity contribution is 6.99. The lowest BCUT2D eigenvalue weighted by Gasteiger charge is -2.40. The highest BCUT2D eigenvalue weighted by Crippen LogP contribution is 2.52. The van der Waals surface area contributed by atoms with Crippen molar-refractivity contribution in [1.82, 2.24) is 0 Å². The monoisotopic (exact) mass is 628 g/mol. The van der Waals surface area contributed by atoms with Crippen molar-refractivity contribution < 1.29 is 4.74 Å². The molecule has 0 amide bonds. The molecule has 0 saturated carbocycles. The van der Waals surface area contributed by atoms with Crippen LogP contribution in [0.5, 0.6) is 11.5 Å². The van der Waals surface area contributed by atoms with E-state index in [0.717, 1.165) is 34.2 Å². The number of para-hydroxylation sites is 4. The van der Waals surface area contributed by atoms with Crippen molar-refractivity contribution in [2.45, 2.75) is 19.3 Å². The normalized spacial score (nSPS) is 14.2. The fourth-order valence-corrected chi connectivity index (χ4v) is 8.44. The largest absolute Gasteiger partial charge is 0.458 e. The SMILES string of the molecule is CC1(C)c2cc(N(c3ccccc3)c3ccccc3)ccc2-c2cc3c(cc21)B1c2ccccc2N(c2ccccc2)c2cccc(c21)O3. The molecule has 0 atom stereocenters. The van der Waals surface area contributed by atoms with Crippen molar-refractivity contribution in [3.05, 3.63) is 175 Å². The Labute approximate surface area is 287 Å². The van der Waals surface area contributed by atoms with Crippen LogP contribution in [0.3, 0.4) is 0 Å². The van der Waals surface area contributed by atoms with Crippen LogP contribution in [0.4, 0.5) is 34.1 Å². The minimum absolute atomic E-state index is 0.0677. The number of hydrogen-bond donors (Lipinski definition) is 0. The summed E-state index contributed by atoms with van der Waals surface area (Å²) in [4.78, 5) is 4.74. The van der Waals surface area contributed by atoms with E-state index in [0.29, 0.717) is 0 Å². The molecule has 0 saturated heterocycles. The van der Waals surface area contributed by atoms with Gasteiger partial charge < -0.3 is 14.5 Å². The summed E-state index contributed by atoms with van der Waals surface area (Å²) in [6, 6.07) is 59.1. The van der Waals surface area contributed by atoms with E-state index in [-0.39, 0.29) is 12.1 Å². The molecule has 2 heterocycles. The second-order valence-electron chi connectivity index (χ2n) is 13.8. The summed E-state index contributed by atoms with van der Waals surface area (Å²) in [6.07, 6.45) is 0. The molecule has 0 radical (unpaired) electrons. The number of hydrogen-bond acceptors (Lipinski definition) is 3. The molecule has 3 aliphatic rings. The van der Waals surface area contributed by atoms with Crippen molar-refractivity contribution in [3.63, 3.8) is 0 Å². The molecule has 3 nitrogen and oxygen atoms in total. The summed E-state index contributed by atoms with van der Waals surface area (Å²) in [5.74, 6) is 1.87. The Hall–Kier alpha value is -6.00. The van der Waals surface area contributed by atoms with Crippen LogP contribution in [-0.2, 0) is 5.41 Å². The predicted molar refractivity (Wildman–Crippen MR) is 205 cm³/mol. The van der Waals surface area contributed by atoms with Crippen molar-refractivity contribution in [3.8, 4) is 22.6 Å². The smallest absolute Gasteiger partial charge is 0.256 e. The highest BCUT2D eigenvalue weighted by Gasteiger charge is 2.44. The molecule has 1 aliphatic carbocycles. The maximum atomic E-state index is 6.87. The number of fused-ring (bicyclic) bond motifs is 7. The van der Waals surface area contributed by atoms with Gasteiger partial charge in [0.05, 0.1) is 0 Å². The molecule has 0 aromatic heterocycles. The Morgan fingerprint density at radius 2 is 1.14 bits per heavy atom. The molecule has 232 valence electrons. The second kappa shape index (κ2) is 10.5. The third-order valence-electron chi connectivity index (χ3n) is 10.7. The zero-order valence-electron chi connectivity index (χ0n) is 27.5. The first-order chi connectivity index (χ1) is 24.1. The summed E-state index contributed by atoms with van der Waals surface area (Å²) in [6.45, 7) is 4.81. The van der Waals surface area contributed by atoms with E-state index in [1.54, 1.807) is 0 Å². The van der Waals surface area contributed by atoms with Gasteiger partial charge in [-0.3, -0.25) is 0 Å². The van der Waals surface area contributed by atoms with Gasteiger partial charge in [0.25, 0.3) is 6.71 Å². The molecule has 10 rings (SSSR count). The van der Waals surface area contributed by atoms with Crippen LogP contribution in [0.1, 0.15) is 25.0 Å². The summed E-state index contributed by atoms with van der Waals surface area (Å²) >= 11 is 0. The fourth-order valence-electron chi connectivity index (χ4n) is 8.44. The predicted octanol–water partition coefficient (Wildman–Crippen LogP) is 9.87. The molecule has 0 unspecified atom stereocenters. The van der Waals surface area contributed by atoms with Crippen LogP contribution in [0.2, 0.25) is 0 Å². The van der Waals surface area contributed by atoms with Gasteiger partial charge in [-0.1, -0.05) is 105 Å². The fraction of sp³-hybridized carbons (Fsp3) is 0.0667. The molecule has 2 aliphatic heterocycles. The van der Waals surface area contributed by atoms with Crippen LogP contribution >= 0.6 is 0 Å². The topological polar surface area (TPSA) is 15.7 Å². The molecule has 7 aromatic rings. The lowest BCUT2D eigenvalue weighted by Crippen LogP contribution is -2.59. The average molecular weight is 629 g/mol. The molecule has 0 spiro atoms. The van der Waals surface area contributed by atoms with Gasteiger partial charge in [0, 0.05) is 39.5 Å². The van der Waals surface area contributed by atoms with Gasteiger partial charge in [-0.25, -0.2) is 0 Å². The molecular formula is C45H33BN2O. The molecule has 49 heavy (non-hydrogen) atoms. The van der Waals surface area contributed by atoms with Crippen LogP contribution in [0, 0.1) is 0 Å². The zero-order valence-corrected chi connectivity index (χ0v) is 27.5. The number of rotatable bonds is 4. The first kappa shape index (κ1) is 28.1. The minimum atomic E-state index is -0.210. The van der Waals surface area contributed by atoms with Crippen LogP contribution < -0.4 is 30.9 Å². The zero-order chi connectivity index (χ0) is 32.7. The Bertz CT molecular complexity index is 2370. The molecule has 0 N–H and O–H groups in total.